The maximum atomic E-state index is 13.9. The van der Waals surface area contributed by atoms with Gasteiger partial charge in [-0.05, 0) is 59.8 Å². The standard InChI is InChI=1S/C44H58N8O6/c1-7-27(8-2)37(49-43(55)57-5)41(53)51-23-11-13-35(51)39-45-25-33(47-39)31-19-15-29(16-20-31)30-17-21-32(22-18-30)34-26-46-40(48-34)36-14-12-24-52(36)42(54)38(28(9-3)10-4)50-44(56)58-6/h15-22,25-28,35-38H,7-14,23-24H2,1-6H3,(H,45,47)(H,46,48)(H,49,55)(H,50,56)/t35-,36-,37-,38-/m0/s1. The van der Waals surface area contributed by atoms with Gasteiger partial charge in [-0.15, -0.1) is 0 Å². The van der Waals surface area contributed by atoms with Crippen LogP contribution in [-0.4, -0.2) is 93.1 Å². The number of amides is 4. The van der Waals surface area contributed by atoms with Crippen LogP contribution in [0.3, 0.4) is 0 Å². The highest BCUT2D eigenvalue weighted by atomic mass is 16.5. The van der Waals surface area contributed by atoms with Crippen molar-refractivity contribution in [3.05, 3.63) is 72.6 Å². The maximum Gasteiger partial charge on any atom is 0.407 e. The largest absolute Gasteiger partial charge is 0.453 e. The summed E-state index contributed by atoms with van der Waals surface area (Å²) in [5, 5.41) is 5.59. The Morgan fingerprint density at radius 2 is 0.966 bits per heavy atom. The summed E-state index contributed by atoms with van der Waals surface area (Å²) in [6, 6.07) is 14.8. The average molecular weight is 795 g/mol. The molecule has 2 aliphatic rings. The Kier molecular flexibility index (Phi) is 13.9. The Morgan fingerprint density at radius 1 is 0.621 bits per heavy atom. The number of hydrogen-bond donors (Lipinski definition) is 4. The molecule has 14 heteroatoms. The lowest BCUT2D eigenvalue weighted by atomic mass is 9.93. The molecule has 4 N–H and O–H groups in total. The molecule has 2 aliphatic heterocycles. The number of nitrogens with one attached hydrogen (secondary N) is 4. The van der Waals surface area contributed by atoms with E-state index in [0.717, 1.165) is 96.7 Å². The molecular weight excluding hydrogens is 737 g/mol. The third kappa shape index (κ3) is 9.05. The molecule has 2 aromatic heterocycles. The minimum absolute atomic E-state index is 0.00265. The first-order valence-electron chi connectivity index (χ1n) is 20.7. The first-order chi connectivity index (χ1) is 28.1. The van der Waals surface area contributed by atoms with Gasteiger partial charge in [0.1, 0.15) is 23.7 Å². The molecule has 0 spiro atoms. The first kappa shape index (κ1) is 42.0. The summed E-state index contributed by atoms with van der Waals surface area (Å²) in [4.78, 5) is 72.1. The van der Waals surface area contributed by atoms with Crippen molar-refractivity contribution >= 4 is 24.0 Å². The van der Waals surface area contributed by atoms with Crippen LogP contribution in [0, 0.1) is 11.8 Å². The second-order valence-electron chi connectivity index (χ2n) is 15.3. The number of aromatic amines is 2. The Hall–Kier alpha value is -5.66. The number of ether oxygens (including phenoxy) is 2. The first-order valence-corrected chi connectivity index (χ1v) is 20.7. The molecule has 4 amide bonds. The summed E-state index contributed by atoms with van der Waals surface area (Å²) in [6.45, 7) is 9.32. The predicted octanol–water partition coefficient (Wildman–Crippen LogP) is 7.78. The molecule has 310 valence electrons. The molecule has 0 unspecified atom stereocenters. The topological polar surface area (TPSA) is 175 Å². The fourth-order valence-electron chi connectivity index (χ4n) is 8.63. The van der Waals surface area contributed by atoms with Crippen molar-refractivity contribution in [3.8, 4) is 33.6 Å². The van der Waals surface area contributed by atoms with Crippen LogP contribution in [0.1, 0.15) is 103 Å². The van der Waals surface area contributed by atoms with Crippen LogP contribution in [0.2, 0.25) is 0 Å². The lowest BCUT2D eigenvalue weighted by Gasteiger charge is -2.31. The number of nitrogens with zero attached hydrogens (tertiary/aromatic N) is 4. The number of imidazole rings is 2. The second kappa shape index (κ2) is 19.2. The van der Waals surface area contributed by atoms with Crippen LogP contribution in [0.25, 0.3) is 33.6 Å². The molecule has 4 heterocycles. The lowest BCUT2D eigenvalue weighted by Crippen LogP contribution is -2.52. The average Bonchev–Trinajstić information content (AvgIpc) is 4.10. The number of likely N-dealkylation sites (tertiary alicyclic amines) is 2. The number of rotatable bonds is 15. The van der Waals surface area contributed by atoms with E-state index >= 15 is 0 Å². The highest BCUT2D eigenvalue weighted by Crippen LogP contribution is 2.36. The molecule has 0 aliphatic carbocycles. The molecule has 0 saturated carbocycles. The Morgan fingerprint density at radius 3 is 1.29 bits per heavy atom. The lowest BCUT2D eigenvalue weighted by molar-refractivity contribution is -0.136. The molecule has 2 fully saturated rings. The number of methoxy groups -OCH3 is 2. The van der Waals surface area contributed by atoms with Crippen molar-refractivity contribution in [1.82, 2.24) is 40.4 Å². The van der Waals surface area contributed by atoms with E-state index in [1.165, 1.54) is 14.2 Å². The minimum atomic E-state index is -0.660. The molecule has 2 aromatic carbocycles. The monoisotopic (exact) mass is 794 g/mol. The number of carbonyl (C=O) groups is 4. The highest BCUT2D eigenvalue weighted by molar-refractivity contribution is 5.87. The summed E-state index contributed by atoms with van der Waals surface area (Å²) in [7, 11) is 2.62. The number of aromatic nitrogens is 4. The Bertz CT molecular complexity index is 1860. The van der Waals surface area contributed by atoms with Gasteiger partial charge in [0.2, 0.25) is 11.8 Å². The fraction of sp³-hybridized carbons (Fsp3) is 0.500. The van der Waals surface area contributed by atoms with Gasteiger partial charge in [0, 0.05) is 13.1 Å². The zero-order chi connectivity index (χ0) is 41.3. The van der Waals surface area contributed by atoms with Gasteiger partial charge >= 0.3 is 12.2 Å². The molecule has 4 atom stereocenters. The van der Waals surface area contributed by atoms with E-state index in [-0.39, 0.29) is 35.7 Å². The van der Waals surface area contributed by atoms with Gasteiger partial charge in [0.25, 0.3) is 0 Å². The van der Waals surface area contributed by atoms with Gasteiger partial charge in [-0.2, -0.15) is 0 Å². The van der Waals surface area contributed by atoms with Crippen LogP contribution in [0.5, 0.6) is 0 Å². The fourth-order valence-corrected chi connectivity index (χ4v) is 8.63. The summed E-state index contributed by atoms with van der Waals surface area (Å²) in [5.74, 6) is 1.25. The second-order valence-corrected chi connectivity index (χ2v) is 15.3. The number of carbonyl (C=O) groups excluding carboxylic acids is 4. The molecule has 58 heavy (non-hydrogen) atoms. The third-order valence-corrected chi connectivity index (χ3v) is 12.1. The van der Waals surface area contributed by atoms with Crippen molar-refractivity contribution in [2.24, 2.45) is 11.8 Å². The summed E-state index contributed by atoms with van der Waals surface area (Å²) < 4.78 is 9.69. The van der Waals surface area contributed by atoms with Crippen LogP contribution in [0.15, 0.2) is 60.9 Å². The number of benzene rings is 2. The van der Waals surface area contributed by atoms with E-state index in [2.05, 4.69) is 69.1 Å². The molecule has 14 nitrogen and oxygen atoms in total. The van der Waals surface area contributed by atoms with Gasteiger partial charge < -0.3 is 39.9 Å². The van der Waals surface area contributed by atoms with E-state index < -0.39 is 24.3 Å². The highest BCUT2D eigenvalue weighted by Gasteiger charge is 2.40. The SMILES string of the molecule is CCC(CC)[C@H](NC(=O)OC)C(=O)N1CCC[C@H]1c1ncc(-c2ccc(-c3ccc(-c4cnc([C@@H]5CCCN5C(=O)[C@@H](NC(=O)OC)C(CC)CC)[nH]4)cc3)cc2)[nH]1. The van der Waals surface area contributed by atoms with Crippen molar-refractivity contribution in [2.45, 2.75) is 103 Å². The van der Waals surface area contributed by atoms with Crippen LogP contribution < -0.4 is 10.6 Å². The van der Waals surface area contributed by atoms with Crippen molar-refractivity contribution < 1.29 is 28.7 Å². The summed E-state index contributed by atoms with van der Waals surface area (Å²) >= 11 is 0. The van der Waals surface area contributed by atoms with Crippen molar-refractivity contribution in [2.75, 3.05) is 27.3 Å². The zero-order valence-corrected chi connectivity index (χ0v) is 34.5. The molecule has 0 bridgehead atoms. The van der Waals surface area contributed by atoms with E-state index in [1.54, 1.807) is 0 Å². The summed E-state index contributed by atoms with van der Waals surface area (Å²) in [6.07, 6.45) is 8.74. The molecule has 4 aromatic rings. The van der Waals surface area contributed by atoms with E-state index in [4.69, 9.17) is 19.4 Å². The van der Waals surface area contributed by atoms with Gasteiger partial charge in [0.05, 0.1) is 50.1 Å². The van der Waals surface area contributed by atoms with Gasteiger partial charge in [0.15, 0.2) is 0 Å². The van der Waals surface area contributed by atoms with Gasteiger partial charge in [-0.3, -0.25) is 9.59 Å². The minimum Gasteiger partial charge on any atom is -0.453 e. The van der Waals surface area contributed by atoms with Crippen molar-refractivity contribution in [1.29, 1.82) is 0 Å². The van der Waals surface area contributed by atoms with Crippen molar-refractivity contribution in [3.63, 3.8) is 0 Å². The smallest absolute Gasteiger partial charge is 0.407 e. The van der Waals surface area contributed by atoms with Crippen LogP contribution >= 0.6 is 0 Å². The molecular formula is C44H58N8O6. The van der Waals surface area contributed by atoms with E-state index in [9.17, 15) is 19.2 Å². The predicted molar refractivity (Wildman–Crippen MR) is 221 cm³/mol. The molecule has 6 rings (SSSR count). The number of H-pyrrole nitrogens is 2. The number of hydrogen-bond acceptors (Lipinski definition) is 8. The van der Waals surface area contributed by atoms with Gasteiger partial charge in [-0.25, -0.2) is 19.6 Å². The van der Waals surface area contributed by atoms with Crippen LogP contribution in [0.4, 0.5) is 9.59 Å². The Labute approximate surface area is 340 Å². The third-order valence-electron chi connectivity index (χ3n) is 12.1. The molecule has 2 saturated heterocycles. The maximum absolute atomic E-state index is 13.9. The normalized spacial score (nSPS) is 17.7. The summed E-state index contributed by atoms with van der Waals surface area (Å²) in [5.41, 5.74) is 5.81. The van der Waals surface area contributed by atoms with Crippen LogP contribution in [-0.2, 0) is 19.1 Å². The van der Waals surface area contributed by atoms with E-state index in [0.29, 0.717) is 13.1 Å². The number of alkyl carbamates (subject to hydrolysis) is 2. The van der Waals surface area contributed by atoms with E-state index in [1.807, 2.05) is 49.9 Å². The zero-order valence-electron chi connectivity index (χ0n) is 34.5. The van der Waals surface area contributed by atoms with Gasteiger partial charge in [-0.1, -0.05) is 102 Å². The Balaban J connectivity index is 1.11. The molecule has 0 radical (unpaired) electrons. The quantitative estimate of drug-likeness (QED) is 0.0944.